The van der Waals surface area contributed by atoms with Crippen LogP contribution in [0.2, 0.25) is 0 Å². The van der Waals surface area contributed by atoms with Crippen LogP contribution in [0.15, 0.2) is 45.6 Å². The molecule has 0 atom stereocenters. The van der Waals surface area contributed by atoms with Crippen molar-refractivity contribution in [2.24, 2.45) is 0 Å². The van der Waals surface area contributed by atoms with E-state index in [1.54, 1.807) is 12.1 Å². The smallest absolute Gasteiger partial charge is 0.336 e. The Kier molecular flexibility index (Phi) is 4.90. The van der Waals surface area contributed by atoms with E-state index in [1.807, 2.05) is 18.2 Å². The second-order valence-electron chi connectivity index (χ2n) is 3.03. The fourth-order valence-corrected chi connectivity index (χ4v) is 1.08. The van der Waals surface area contributed by atoms with Gasteiger partial charge in [-0.3, -0.25) is 0 Å². The van der Waals surface area contributed by atoms with E-state index in [9.17, 15) is 9.59 Å². The number of esters is 1. The summed E-state index contributed by atoms with van der Waals surface area (Å²) < 4.78 is 8.92. The van der Waals surface area contributed by atoms with E-state index in [0.29, 0.717) is 5.58 Å². The van der Waals surface area contributed by atoms with E-state index in [4.69, 9.17) is 9.52 Å². The summed E-state index contributed by atoms with van der Waals surface area (Å²) in [4.78, 5) is 20.4. The molecule has 5 nitrogen and oxygen atoms in total. The van der Waals surface area contributed by atoms with Crippen LogP contribution in [0.25, 0.3) is 11.0 Å². The first-order valence-electron chi connectivity index (χ1n) is 4.84. The van der Waals surface area contributed by atoms with Crippen LogP contribution in [-0.4, -0.2) is 24.8 Å². The van der Waals surface area contributed by atoms with Crippen molar-refractivity contribution in [1.82, 2.24) is 0 Å². The Balaban J connectivity index is 0.000000209. The zero-order valence-corrected chi connectivity index (χ0v) is 9.25. The van der Waals surface area contributed by atoms with Gasteiger partial charge >= 0.3 is 11.6 Å². The normalized spacial score (nSPS) is 9.29. The third kappa shape index (κ3) is 4.08. The zero-order chi connectivity index (χ0) is 12.7. The summed E-state index contributed by atoms with van der Waals surface area (Å²) >= 11 is 0. The largest absolute Gasteiger partial charge is 0.467 e. The van der Waals surface area contributed by atoms with Crippen molar-refractivity contribution in [3.63, 3.8) is 0 Å². The van der Waals surface area contributed by atoms with E-state index < -0.39 is 12.6 Å². The number of fused-ring (bicyclic) bond motifs is 1. The van der Waals surface area contributed by atoms with Crippen molar-refractivity contribution >= 4 is 16.9 Å². The summed E-state index contributed by atoms with van der Waals surface area (Å²) in [6.45, 7) is -0.531. The number of hydrogen-bond acceptors (Lipinski definition) is 5. The summed E-state index contributed by atoms with van der Waals surface area (Å²) in [7, 11) is 1.22. The molecule has 0 spiro atoms. The van der Waals surface area contributed by atoms with Gasteiger partial charge in [0.05, 0.1) is 7.11 Å². The maximum atomic E-state index is 10.7. The van der Waals surface area contributed by atoms with Crippen LogP contribution in [-0.2, 0) is 9.53 Å². The maximum Gasteiger partial charge on any atom is 0.336 e. The van der Waals surface area contributed by atoms with Gasteiger partial charge in [0, 0.05) is 11.5 Å². The van der Waals surface area contributed by atoms with E-state index in [1.165, 1.54) is 13.2 Å². The van der Waals surface area contributed by atoms with Crippen LogP contribution in [0, 0.1) is 0 Å². The van der Waals surface area contributed by atoms with Gasteiger partial charge in [0.2, 0.25) is 0 Å². The molecule has 0 saturated heterocycles. The van der Waals surface area contributed by atoms with Crippen molar-refractivity contribution in [1.29, 1.82) is 0 Å². The van der Waals surface area contributed by atoms with Gasteiger partial charge in [-0.1, -0.05) is 18.2 Å². The third-order valence-corrected chi connectivity index (χ3v) is 1.89. The molecule has 17 heavy (non-hydrogen) atoms. The molecule has 1 N–H and O–H groups in total. The van der Waals surface area contributed by atoms with E-state index in [2.05, 4.69) is 4.74 Å². The molecule has 2 aromatic rings. The molecule has 1 aromatic carbocycles. The van der Waals surface area contributed by atoms with Crippen LogP contribution in [0.3, 0.4) is 0 Å². The lowest BCUT2D eigenvalue weighted by atomic mass is 10.2. The number of para-hydroxylation sites is 1. The predicted molar refractivity (Wildman–Crippen MR) is 61.6 cm³/mol. The van der Waals surface area contributed by atoms with Crippen LogP contribution in [0.1, 0.15) is 0 Å². The van der Waals surface area contributed by atoms with Crippen LogP contribution in [0.5, 0.6) is 0 Å². The van der Waals surface area contributed by atoms with Gasteiger partial charge in [0.1, 0.15) is 12.2 Å². The average Bonchev–Trinajstić information content (AvgIpc) is 2.38. The fourth-order valence-electron chi connectivity index (χ4n) is 1.08. The number of hydrogen-bond donors (Lipinski definition) is 1. The molecule has 5 heteroatoms. The second-order valence-corrected chi connectivity index (χ2v) is 3.03. The van der Waals surface area contributed by atoms with Gasteiger partial charge in [-0.05, 0) is 12.1 Å². The molecule has 0 aliphatic rings. The number of benzene rings is 1. The van der Waals surface area contributed by atoms with Gasteiger partial charge in [-0.15, -0.1) is 0 Å². The number of carbonyl (C=O) groups is 1. The molecule has 0 unspecified atom stereocenters. The SMILES string of the molecule is COC(=O)CO.O=c1ccc2ccccc2o1. The number of aliphatic hydroxyl groups is 1. The Morgan fingerprint density at radius 1 is 1.29 bits per heavy atom. The highest BCUT2D eigenvalue weighted by Crippen LogP contribution is 2.08. The molecule has 0 radical (unpaired) electrons. The second kappa shape index (κ2) is 6.44. The van der Waals surface area contributed by atoms with Crippen molar-refractivity contribution < 1.29 is 19.1 Å². The minimum atomic E-state index is -0.602. The summed E-state index contributed by atoms with van der Waals surface area (Å²) in [5, 5.41) is 8.81. The van der Waals surface area contributed by atoms with Crippen LogP contribution < -0.4 is 5.63 Å². The average molecular weight is 236 g/mol. The summed E-state index contributed by atoms with van der Waals surface area (Å²) in [5.74, 6) is -0.602. The van der Waals surface area contributed by atoms with Crippen LogP contribution >= 0.6 is 0 Å². The standard InChI is InChI=1S/C9H6O2.C3H6O3/c10-9-6-5-7-3-1-2-4-8(7)11-9;1-6-3(5)2-4/h1-6H;4H,2H2,1H3. The Bertz CT molecular complexity index is 538. The fraction of sp³-hybridized carbons (Fsp3) is 0.167. The maximum absolute atomic E-state index is 10.7. The minimum Gasteiger partial charge on any atom is -0.467 e. The van der Waals surface area contributed by atoms with Crippen molar-refractivity contribution in [3.05, 3.63) is 46.8 Å². The number of methoxy groups -OCH3 is 1. The molecule has 1 heterocycles. The third-order valence-electron chi connectivity index (χ3n) is 1.89. The first kappa shape index (κ1) is 12.9. The van der Waals surface area contributed by atoms with Gasteiger partial charge in [-0.2, -0.15) is 0 Å². The predicted octanol–water partition coefficient (Wildman–Crippen LogP) is 0.945. The molecule has 0 amide bonds. The topological polar surface area (TPSA) is 76.7 Å². The van der Waals surface area contributed by atoms with Gasteiger partial charge in [0.15, 0.2) is 0 Å². The molecular formula is C12H12O5. The van der Waals surface area contributed by atoms with Gasteiger partial charge < -0.3 is 14.3 Å². The Labute approximate surface area is 97.2 Å². The Morgan fingerprint density at radius 3 is 2.59 bits per heavy atom. The van der Waals surface area contributed by atoms with Crippen molar-refractivity contribution in [3.8, 4) is 0 Å². The first-order valence-corrected chi connectivity index (χ1v) is 4.84. The lowest BCUT2D eigenvalue weighted by Gasteiger charge is -1.91. The molecule has 2 rings (SSSR count). The summed E-state index contributed by atoms with van der Waals surface area (Å²) in [5.41, 5.74) is 0.337. The van der Waals surface area contributed by atoms with Gasteiger partial charge in [0.25, 0.3) is 0 Å². The van der Waals surface area contributed by atoms with Gasteiger partial charge in [-0.25, -0.2) is 9.59 Å². The first-order chi connectivity index (χ1) is 8.17. The summed E-state index contributed by atoms with van der Waals surface area (Å²) in [6, 6.07) is 10.6. The van der Waals surface area contributed by atoms with Crippen LogP contribution in [0.4, 0.5) is 0 Å². The highest BCUT2D eigenvalue weighted by Gasteiger charge is 1.92. The molecule has 0 aliphatic carbocycles. The van der Waals surface area contributed by atoms with E-state index in [0.717, 1.165) is 5.39 Å². The molecule has 90 valence electrons. The monoisotopic (exact) mass is 236 g/mol. The molecule has 0 fully saturated rings. The van der Waals surface area contributed by atoms with E-state index >= 15 is 0 Å². The molecular weight excluding hydrogens is 224 g/mol. The minimum absolute atomic E-state index is 0.302. The lowest BCUT2D eigenvalue weighted by Crippen LogP contribution is -2.04. The highest BCUT2D eigenvalue weighted by atomic mass is 16.5. The molecule has 0 saturated carbocycles. The highest BCUT2D eigenvalue weighted by molar-refractivity contribution is 5.75. The molecule has 0 aliphatic heterocycles. The zero-order valence-electron chi connectivity index (χ0n) is 9.25. The molecule has 1 aromatic heterocycles. The Morgan fingerprint density at radius 2 is 2.00 bits per heavy atom. The number of ether oxygens (including phenoxy) is 1. The summed E-state index contributed by atoms with van der Waals surface area (Å²) in [6.07, 6.45) is 0. The van der Waals surface area contributed by atoms with Crippen molar-refractivity contribution in [2.45, 2.75) is 0 Å². The number of rotatable bonds is 1. The number of carbonyl (C=O) groups excluding carboxylic acids is 1. The quantitative estimate of drug-likeness (QED) is 0.589. The molecule has 0 bridgehead atoms. The lowest BCUT2D eigenvalue weighted by molar-refractivity contribution is -0.143. The van der Waals surface area contributed by atoms with Crippen molar-refractivity contribution in [2.75, 3.05) is 13.7 Å². The van der Waals surface area contributed by atoms with E-state index in [-0.39, 0.29) is 5.63 Å². The number of aliphatic hydroxyl groups excluding tert-OH is 1. The Hall–Kier alpha value is -2.14.